The summed E-state index contributed by atoms with van der Waals surface area (Å²) < 4.78 is 41.1. The van der Waals surface area contributed by atoms with Gasteiger partial charge in [0.2, 0.25) is 5.91 Å². The molecule has 0 aromatic heterocycles. The standard InChI is InChI=1S/C21H26FNO4S/c1-4-16(3)23(21(24)14-17-6-10-19(22)11-7-17)15-18-8-12-20(13-9-18)27-28(25,26)5-2/h6-13,16H,4-5,14-15H2,1-3H3. The summed E-state index contributed by atoms with van der Waals surface area (Å²) in [5, 5.41) is 0. The van der Waals surface area contributed by atoms with Crippen LogP contribution in [-0.2, 0) is 27.9 Å². The summed E-state index contributed by atoms with van der Waals surface area (Å²) in [5.74, 6) is -0.232. The SMILES string of the molecule is CCC(C)N(Cc1ccc(OS(=O)(=O)CC)cc1)C(=O)Cc1ccc(F)cc1. The first kappa shape index (κ1) is 21.9. The molecule has 0 N–H and O–H groups in total. The summed E-state index contributed by atoms with van der Waals surface area (Å²) in [6.07, 6.45) is 0.992. The van der Waals surface area contributed by atoms with Crippen molar-refractivity contribution in [3.05, 3.63) is 65.5 Å². The molecule has 0 aliphatic carbocycles. The molecule has 0 spiro atoms. The monoisotopic (exact) mass is 407 g/mol. The molecule has 0 saturated heterocycles. The molecule has 2 aromatic carbocycles. The van der Waals surface area contributed by atoms with E-state index in [-0.39, 0.29) is 35.7 Å². The first-order valence-electron chi connectivity index (χ1n) is 9.29. The summed E-state index contributed by atoms with van der Waals surface area (Å²) >= 11 is 0. The van der Waals surface area contributed by atoms with Crippen LogP contribution in [0.1, 0.15) is 38.3 Å². The van der Waals surface area contributed by atoms with Gasteiger partial charge in [-0.2, -0.15) is 8.42 Å². The Kier molecular flexibility index (Phi) is 7.57. The molecule has 1 atom stereocenters. The molecular weight excluding hydrogens is 381 g/mol. The number of halogens is 1. The van der Waals surface area contributed by atoms with E-state index in [2.05, 4.69) is 0 Å². The van der Waals surface area contributed by atoms with E-state index in [1.54, 1.807) is 41.3 Å². The van der Waals surface area contributed by atoms with Crippen molar-refractivity contribution in [1.29, 1.82) is 0 Å². The highest BCUT2D eigenvalue weighted by Crippen LogP contribution is 2.18. The molecule has 0 heterocycles. The first-order chi connectivity index (χ1) is 13.2. The van der Waals surface area contributed by atoms with Gasteiger partial charge in [0.25, 0.3) is 0 Å². The Hall–Kier alpha value is -2.41. The Labute approximate surface area is 166 Å². The Bertz CT molecular complexity index is 880. The van der Waals surface area contributed by atoms with Crippen LogP contribution in [0.2, 0.25) is 0 Å². The molecule has 0 aliphatic rings. The van der Waals surface area contributed by atoms with Crippen molar-refractivity contribution in [2.75, 3.05) is 5.75 Å². The molecule has 5 nitrogen and oxygen atoms in total. The van der Waals surface area contributed by atoms with Crippen LogP contribution < -0.4 is 4.18 Å². The van der Waals surface area contributed by atoms with E-state index in [4.69, 9.17) is 4.18 Å². The summed E-state index contributed by atoms with van der Waals surface area (Å²) in [4.78, 5) is 14.6. The highest BCUT2D eigenvalue weighted by Gasteiger charge is 2.20. The van der Waals surface area contributed by atoms with Crippen LogP contribution in [-0.4, -0.2) is 31.0 Å². The second kappa shape index (κ2) is 9.68. The molecule has 28 heavy (non-hydrogen) atoms. The molecule has 0 radical (unpaired) electrons. The molecule has 2 aromatic rings. The Morgan fingerprint density at radius 2 is 1.61 bits per heavy atom. The van der Waals surface area contributed by atoms with Crippen molar-refractivity contribution in [1.82, 2.24) is 4.90 Å². The molecular formula is C21H26FNO4S. The van der Waals surface area contributed by atoms with Crippen LogP contribution in [0, 0.1) is 5.82 Å². The van der Waals surface area contributed by atoms with Crippen molar-refractivity contribution in [2.24, 2.45) is 0 Å². The van der Waals surface area contributed by atoms with Crippen LogP contribution in [0.25, 0.3) is 0 Å². The third-order valence-electron chi connectivity index (χ3n) is 4.56. The van der Waals surface area contributed by atoms with Crippen molar-refractivity contribution in [2.45, 2.75) is 46.2 Å². The average molecular weight is 408 g/mol. The van der Waals surface area contributed by atoms with E-state index in [9.17, 15) is 17.6 Å². The lowest BCUT2D eigenvalue weighted by molar-refractivity contribution is -0.133. The predicted octanol–water partition coefficient (Wildman–Crippen LogP) is 3.92. The second-order valence-corrected chi connectivity index (χ2v) is 8.52. The van der Waals surface area contributed by atoms with Gasteiger partial charge in [0.05, 0.1) is 12.2 Å². The van der Waals surface area contributed by atoms with Gasteiger partial charge in [0, 0.05) is 12.6 Å². The molecule has 7 heteroatoms. The maximum atomic E-state index is 13.1. The van der Waals surface area contributed by atoms with Crippen molar-refractivity contribution < 1.29 is 21.8 Å². The zero-order valence-corrected chi connectivity index (χ0v) is 17.2. The zero-order chi connectivity index (χ0) is 20.7. The lowest BCUT2D eigenvalue weighted by atomic mass is 10.1. The van der Waals surface area contributed by atoms with E-state index in [0.29, 0.717) is 6.54 Å². The van der Waals surface area contributed by atoms with Gasteiger partial charge in [0.15, 0.2) is 0 Å². The van der Waals surface area contributed by atoms with Crippen molar-refractivity contribution in [3.8, 4) is 5.75 Å². The molecule has 0 fully saturated rings. The topological polar surface area (TPSA) is 63.7 Å². The number of amides is 1. The number of rotatable bonds is 9. The minimum atomic E-state index is -3.57. The van der Waals surface area contributed by atoms with Crippen LogP contribution in [0.4, 0.5) is 4.39 Å². The second-order valence-electron chi connectivity index (χ2n) is 6.66. The summed E-state index contributed by atoms with van der Waals surface area (Å²) in [6, 6.07) is 12.6. The van der Waals surface area contributed by atoms with Gasteiger partial charge in [-0.05, 0) is 55.7 Å². The molecule has 1 unspecified atom stereocenters. The quantitative estimate of drug-likeness (QED) is 0.591. The van der Waals surface area contributed by atoms with Gasteiger partial charge in [-0.25, -0.2) is 4.39 Å². The highest BCUT2D eigenvalue weighted by atomic mass is 32.2. The largest absolute Gasteiger partial charge is 0.382 e. The molecule has 1 amide bonds. The number of benzene rings is 2. The van der Waals surface area contributed by atoms with E-state index in [1.165, 1.54) is 19.1 Å². The smallest absolute Gasteiger partial charge is 0.308 e. The lowest BCUT2D eigenvalue weighted by Gasteiger charge is -2.29. The molecule has 0 saturated carbocycles. The van der Waals surface area contributed by atoms with Crippen LogP contribution in [0.3, 0.4) is 0 Å². The fraction of sp³-hybridized carbons (Fsp3) is 0.381. The van der Waals surface area contributed by atoms with Gasteiger partial charge < -0.3 is 9.08 Å². The minimum Gasteiger partial charge on any atom is -0.382 e. The van der Waals surface area contributed by atoms with Gasteiger partial charge in [0.1, 0.15) is 11.6 Å². The summed E-state index contributed by atoms with van der Waals surface area (Å²) in [6.45, 7) is 5.90. The van der Waals surface area contributed by atoms with Gasteiger partial charge in [-0.1, -0.05) is 31.2 Å². The van der Waals surface area contributed by atoms with Crippen LogP contribution in [0.15, 0.2) is 48.5 Å². The predicted molar refractivity (Wildman–Crippen MR) is 107 cm³/mol. The number of hydrogen-bond donors (Lipinski definition) is 0. The molecule has 0 bridgehead atoms. The first-order valence-corrected chi connectivity index (χ1v) is 10.9. The third kappa shape index (κ3) is 6.34. The number of hydrogen-bond acceptors (Lipinski definition) is 4. The number of carbonyl (C=O) groups excluding carboxylic acids is 1. The normalized spacial score (nSPS) is 12.4. The van der Waals surface area contributed by atoms with Crippen molar-refractivity contribution in [3.63, 3.8) is 0 Å². The van der Waals surface area contributed by atoms with Gasteiger partial charge >= 0.3 is 10.1 Å². The van der Waals surface area contributed by atoms with E-state index in [0.717, 1.165) is 17.5 Å². The highest BCUT2D eigenvalue weighted by molar-refractivity contribution is 7.87. The number of carbonyl (C=O) groups is 1. The molecule has 152 valence electrons. The lowest BCUT2D eigenvalue weighted by Crippen LogP contribution is -2.38. The number of nitrogens with zero attached hydrogens (tertiary/aromatic N) is 1. The Balaban J connectivity index is 2.11. The van der Waals surface area contributed by atoms with E-state index < -0.39 is 10.1 Å². The Morgan fingerprint density at radius 3 is 2.14 bits per heavy atom. The minimum absolute atomic E-state index is 0.0318. The molecule has 0 aliphatic heterocycles. The summed E-state index contributed by atoms with van der Waals surface area (Å²) in [5.41, 5.74) is 1.63. The molecule has 2 rings (SSSR count). The summed E-state index contributed by atoms with van der Waals surface area (Å²) in [7, 11) is -3.57. The maximum Gasteiger partial charge on any atom is 0.308 e. The van der Waals surface area contributed by atoms with Crippen LogP contribution >= 0.6 is 0 Å². The Morgan fingerprint density at radius 1 is 1.04 bits per heavy atom. The van der Waals surface area contributed by atoms with Gasteiger partial charge in [-0.15, -0.1) is 0 Å². The maximum absolute atomic E-state index is 13.1. The fourth-order valence-electron chi connectivity index (χ4n) is 2.64. The fourth-order valence-corrected chi connectivity index (χ4v) is 3.16. The average Bonchev–Trinajstić information content (AvgIpc) is 2.68. The van der Waals surface area contributed by atoms with Crippen molar-refractivity contribution >= 4 is 16.0 Å². The van der Waals surface area contributed by atoms with E-state index in [1.807, 2.05) is 13.8 Å². The van der Waals surface area contributed by atoms with Gasteiger partial charge in [-0.3, -0.25) is 4.79 Å². The zero-order valence-electron chi connectivity index (χ0n) is 16.4. The van der Waals surface area contributed by atoms with Crippen LogP contribution in [0.5, 0.6) is 5.75 Å². The third-order valence-corrected chi connectivity index (χ3v) is 5.72. The van der Waals surface area contributed by atoms with E-state index >= 15 is 0 Å².